The van der Waals surface area contributed by atoms with E-state index < -0.39 is 0 Å². The van der Waals surface area contributed by atoms with Crippen LogP contribution in [-0.4, -0.2) is 47.8 Å². The minimum Gasteiger partial charge on any atom is -0.454 e. The quantitative estimate of drug-likeness (QED) is 0.847. The molecule has 4 heterocycles. The van der Waals surface area contributed by atoms with Crippen molar-refractivity contribution >= 4 is 5.95 Å². The average molecular weight is 352 g/mol. The lowest BCUT2D eigenvalue weighted by Crippen LogP contribution is -2.45. The first-order chi connectivity index (χ1) is 12.8. The third-order valence-electron chi connectivity index (χ3n) is 5.86. The lowest BCUT2D eigenvalue weighted by atomic mass is 9.79. The first-order valence-electron chi connectivity index (χ1n) is 9.43. The monoisotopic (exact) mass is 352 g/mol. The molecule has 0 amide bonds. The maximum absolute atomic E-state index is 5.52. The Hall–Kier alpha value is -2.34. The van der Waals surface area contributed by atoms with Crippen molar-refractivity contribution in [2.45, 2.75) is 25.8 Å². The van der Waals surface area contributed by atoms with E-state index in [4.69, 9.17) is 9.47 Å². The number of hydrogen-bond acceptors (Lipinski definition) is 6. The van der Waals surface area contributed by atoms with Crippen LogP contribution in [0.5, 0.6) is 11.5 Å². The van der Waals surface area contributed by atoms with Gasteiger partial charge in [0.1, 0.15) is 0 Å². The summed E-state index contributed by atoms with van der Waals surface area (Å²) in [6.07, 6.45) is 7.44. The molecule has 1 atom stereocenters. The molecular formula is C20H24N4O2. The first-order valence-corrected chi connectivity index (χ1v) is 9.43. The van der Waals surface area contributed by atoms with E-state index in [0.29, 0.717) is 12.2 Å². The zero-order valence-corrected chi connectivity index (χ0v) is 14.9. The summed E-state index contributed by atoms with van der Waals surface area (Å²) < 4.78 is 10.9. The van der Waals surface area contributed by atoms with Crippen molar-refractivity contribution in [2.24, 2.45) is 5.41 Å². The Labute approximate surface area is 153 Å². The van der Waals surface area contributed by atoms with Crippen LogP contribution >= 0.6 is 0 Å². The third kappa shape index (κ3) is 2.98. The Morgan fingerprint density at radius 2 is 1.88 bits per heavy atom. The van der Waals surface area contributed by atoms with Crippen molar-refractivity contribution in [3.05, 3.63) is 42.2 Å². The Kier molecular flexibility index (Phi) is 3.93. The molecule has 6 heteroatoms. The fourth-order valence-corrected chi connectivity index (χ4v) is 4.63. The fourth-order valence-electron chi connectivity index (χ4n) is 4.63. The molecule has 1 aromatic heterocycles. The second kappa shape index (κ2) is 6.43. The van der Waals surface area contributed by atoms with Gasteiger partial charge < -0.3 is 14.4 Å². The molecule has 3 aliphatic rings. The standard InChI is InChI=1S/C20H24N4O2/c1-5-20(14-24(9-1)19-21-7-2-8-22-19)6-10-23(13-20)12-16-3-4-17-18(11-16)26-15-25-17/h2-4,7-8,11H,1,5-6,9-10,12-15H2. The number of fused-ring (bicyclic) bond motifs is 1. The van der Waals surface area contributed by atoms with Crippen LogP contribution in [0.4, 0.5) is 5.95 Å². The van der Waals surface area contributed by atoms with Gasteiger partial charge in [-0.2, -0.15) is 0 Å². The normalized spacial score (nSPS) is 25.2. The molecule has 0 aliphatic carbocycles. The van der Waals surface area contributed by atoms with Crippen molar-refractivity contribution in [1.29, 1.82) is 0 Å². The maximum Gasteiger partial charge on any atom is 0.231 e. The number of anilines is 1. The largest absolute Gasteiger partial charge is 0.454 e. The van der Waals surface area contributed by atoms with E-state index in [2.05, 4.69) is 31.9 Å². The zero-order valence-electron chi connectivity index (χ0n) is 14.9. The van der Waals surface area contributed by atoms with Crippen LogP contribution in [0.2, 0.25) is 0 Å². The van der Waals surface area contributed by atoms with Gasteiger partial charge in [0.05, 0.1) is 0 Å². The summed E-state index contributed by atoms with van der Waals surface area (Å²) >= 11 is 0. The number of benzene rings is 1. The van der Waals surface area contributed by atoms with Crippen molar-refractivity contribution in [3.8, 4) is 11.5 Å². The number of hydrogen-bond donors (Lipinski definition) is 0. The molecule has 26 heavy (non-hydrogen) atoms. The van der Waals surface area contributed by atoms with Crippen LogP contribution < -0.4 is 14.4 Å². The SMILES string of the molecule is c1cnc(N2CCCC3(CCN(Cc4ccc5c(c4)OCO5)C3)C2)nc1. The molecule has 3 aliphatic heterocycles. The van der Waals surface area contributed by atoms with Gasteiger partial charge >= 0.3 is 0 Å². The van der Waals surface area contributed by atoms with Crippen LogP contribution in [0.1, 0.15) is 24.8 Å². The number of nitrogens with zero attached hydrogens (tertiary/aromatic N) is 4. The Morgan fingerprint density at radius 1 is 1.00 bits per heavy atom. The van der Waals surface area contributed by atoms with Gasteiger partial charge in [-0.15, -0.1) is 0 Å². The molecule has 2 aromatic rings. The second-order valence-electron chi connectivity index (χ2n) is 7.72. The minimum absolute atomic E-state index is 0.336. The number of piperidine rings is 1. The Morgan fingerprint density at radius 3 is 2.81 bits per heavy atom. The van der Waals surface area contributed by atoms with E-state index in [-0.39, 0.29) is 0 Å². The van der Waals surface area contributed by atoms with Crippen LogP contribution in [0, 0.1) is 5.41 Å². The molecule has 2 fully saturated rings. The predicted octanol–water partition coefficient (Wildman–Crippen LogP) is 2.70. The number of aromatic nitrogens is 2. The van der Waals surface area contributed by atoms with E-state index in [9.17, 15) is 0 Å². The maximum atomic E-state index is 5.52. The lowest BCUT2D eigenvalue weighted by molar-refractivity contribution is 0.174. The highest BCUT2D eigenvalue weighted by atomic mass is 16.7. The molecule has 6 nitrogen and oxygen atoms in total. The van der Waals surface area contributed by atoms with Gasteiger partial charge in [0, 0.05) is 44.0 Å². The molecule has 0 N–H and O–H groups in total. The summed E-state index contributed by atoms with van der Waals surface area (Å²) in [6, 6.07) is 8.19. The van der Waals surface area contributed by atoms with Crippen LogP contribution in [0.15, 0.2) is 36.7 Å². The van der Waals surface area contributed by atoms with E-state index in [0.717, 1.165) is 50.2 Å². The number of rotatable bonds is 3. The molecule has 1 unspecified atom stereocenters. The van der Waals surface area contributed by atoms with Crippen LogP contribution in [-0.2, 0) is 6.54 Å². The summed E-state index contributed by atoms with van der Waals surface area (Å²) in [5, 5.41) is 0. The van der Waals surface area contributed by atoms with Crippen LogP contribution in [0.3, 0.4) is 0 Å². The minimum atomic E-state index is 0.336. The summed E-state index contributed by atoms with van der Waals surface area (Å²) in [4.78, 5) is 13.8. The van der Waals surface area contributed by atoms with Gasteiger partial charge in [-0.25, -0.2) is 9.97 Å². The van der Waals surface area contributed by atoms with Crippen molar-refractivity contribution in [1.82, 2.24) is 14.9 Å². The molecule has 5 rings (SSSR count). The van der Waals surface area contributed by atoms with Crippen molar-refractivity contribution < 1.29 is 9.47 Å². The summed E-state index contributed by atoms with van der Waals surface area (Å²) in [5.41, 5.74) is 1.67. The average Bonchev–Trinajstić information content (AvgIpc) is 3.29. The van der Waals surface area contributed by atoms with Gasteiger partial charge in [0.15, 0.2) is 11.5 Å². The molecule has 0 bridgehead atoms. The number of ether oxygens (including phenoxy) is 2. The smallest absolute Gasteiger partial charge is 0.231 e. The number of likely N-dealkylation sites (tertiary alicyclic amines) is 1. The molecular weight excluding hydrogens is 328 g/mol. The van der Waals surface area contributed by atoms with E-state index >= 15 is 0 Å². The molecule has 136 valence electrons. The first kappa shape index (κ1) is 15.9. The summed E-state index contributed by atoms with van der Waals surface area (Å²) in [6.45, 7) is 5.73. The van der Waals surface area contributed by atoms with E-state index in [1.165, 1.54) is 24.8 Å². The highest BCUT2D eigenvalue weighted by Crippen LogP contribution is 2.40. The van der Waals surface area contributed by atoms with Gasteiger partial charge in [0.2, 0.25) is 12.7 Å². The zero-order chi connectivity index (χ0) is 17.4. The molecule has 2 saturated heterocycles. The topological polar surface area (TPSA) is 50.7 Å². The lowest BCUT2D eigenvalue weighted by Gasteiger charge is -2.40. The summed E-state index contributed by atoms with van der Waals surface area (Å²) in [7, 11) is 0. The van der Waals surface area contributed by atoms with E-state index in [1.807, 2.05) is 24.5 Å². The van der Waals surface area contributed by atoms with Gasteiger partial charge in [-0.3, -0.25) is 4.90 Å². The van der Waals surface area contributed by atoms with Crippen molar-refractivity contribution in [2.75, 3.05) is 37.9 Å². The highest BCUT2D eigenvalue weighted by Gasteiger charge is 2.41. The summed E-state index contributed by atoms with van der Waals surface area (Å²) in [5.74, 6) is 2.61. The van der Waals surface area contributed by atoms with E-state index in [1.54, 1.807) is 0 Å². The third-order valence-corrected chi connectivity index (χ3v) is 5.86. The van der Waals surface area contributed by atoms with Gasteiger partial charge in [0.25, 0.3) is 0 Å². The highest BCUT2D eigenvalue weighted by molar-refractivity contribution is 5.44. The van der Waals surface area contributed by atoms with Crippen molar-refractivity contribution in [3.63, 3.8) is 0 Å². The van der Waals surface area contributed by atoms with Gasteiger partial charge in [-0.05, 0) is 49.6 Å². The molecule has 1 aromatic carbocycles. The molecule has 0 radical (unpaired) electrons. The Balaban J connectivity index is 1.26. The Bertz CT molecular complexity index is 785. The van der Waals surface area contributed by atoms with Crippen LogP contribution in [0.25, 0.3) is 0 Å². The molecule has 0 saturated carbocycles. The fraction of sp³-hybridized carbons (Fsp3) is 0.500. The predicted molar refractivity (Wildman–Crippen MR) is 98.4 cm³/mol. The molecule has 1 spiro atoms. The van der Waals surface area contributed by atoms with Gasteiger partial charge in [-0.1, -0.05) is 6.07 Å². The second-order valence-corrected chi connectivity index (χ2v) is 7.72.